The molecular formula is C24H26ClN5O4S2. The molecule has 0 bridgehead atoms. The van der Waals surface area contributed by atoms with Gasteiger partial charge in [0.05, 0.1) is 34.9 Å². The minimum absolute atomic E-state index is 0.0250. The molecule has 1 atom stereocenters. The number of likely N-dealkylation sites (N-methyl/N-ethyl adjacent to an activating group) is 1. The van der Waals surface area contributed by atoms with Gasteiger partial charge in [0.1, 0.15) is 9.96 Å². The number of methoxy groups -OCH3 is 1. The van der Waals surface area contributed by atoms with Gasteiger partial charge in [0.15, 0.2) is 5.82 Å². The van der Waals surface area contributed by atoms with E-state index in [1.807, 2.05) is 36.4 Å². The van der Waals surface area contributed by atoms with Gasteiger partial charge in [-0.1, -0.05) is 41.9 Å². The molecule has 0 radical (unpaired) electrons. The summed E-state index contributed by atoms with van der Waals surface area (Å²) in [5.41, 5.74) is 2.56. The molecule has 12 heteroatoms. The van der Waals surface area contributed by atoms with E-state index in [9.17, 15) is 13.2 Å². The summed E-state index contributed by atoms with van der Waals surface area (Å²) < 4.78 is 43.3. The van der Waals surface area contributed by atoms with Gasteiger partial charge in [0.2, 0.25) is 5.91 Å². The Balaban J connectivity index is 1.56. The number of aromatic nitrogens is 2. The molecule has 190 valence electrons. The first-order chi connectivity index (χ1) is 17.7. The number of ether oxygens (including phenoxy) is 1. The third-order valence-corrected chi connectivity index (χ3v) is 8.59. The topological polar surface area (TPSA) is 114 Å². The zero-order valence-corrected chi connectivity index (χ0v) is 22.0. The van der Waals surface area contributed by atoms with Crippen LogP contribution in [0, 0.1) is 0 Å². The molecule has 2 aromatic carbocycles. The highest BCUT2D eigenvalue weighted by Crippen LogP contribution is 2.35. The number of hydrogen-bond acceptors (Lipinski definition) is 7. The summed E-state index contributed by atoms with van der Waals surface area (Å²) in [6, 6.07) is 15.6. The van der Waals surface area contributed by atoms with E-state index in [-0.39, 0.29) is 23.0 Å². The van der Waals surface area contributed by atoms with Crippen LogP contribution in [0.1, 0.15) is 19.4 Å². The maximum atomic E-state index is 13.0. The number of hydrogen-bond donors (Lipinski definition) is 3. The van der Waals surface area contributed by atoms with E-state index >= 15 is 0 Å². The van der Waals surface area contributed by atoms with E-state index in [1.165, 1.54) is 19.2 Å². The molecule has 0 unspecified atom stereocenters. The summed E-state index contributed by atoms with van der Waals surface area (Å²) in [6.07, 6.45) is 0. The zero-order valence-electron chi connectivity index (χ0n) is 20.6. The number of halogens is 1. The van der Waals surface area contributed by atoms with E-state index in [0.717, 1.165) is 22.5 Å². The van der Waals surface area contributed by atoms with Crippen molar-refractivity contribution in [1.82, 2.24) is 20.4 Å². The second kappa shape index (κ2) is 10.9. The summed E-state index contributed by atoms with van der Waals surface area (Å²) >= 11 is 6.90. The van der Waals surface area contributed by atoms with Gasteiger partial charge < -0.3 is 15.4 Å². The highest BCUT2D eigenvalue weighted by molar-refractivity contribution is 7.94. The van der Waals surface area contributed by atoms with Gasteiger partial charge in [-0.3, -0.25) is 14.2 Å². The summed E-state index contributed by atoms with van der Waals surface area (Å²) in [7, 11) is -2.40. The van der Waals surface area contributed by atoms with Crippen LogP contribution in [0.2, 0.25) is 4.34 Å². The third kappa shape index (κ3) is 5.65. The van der Waals surface area contributed by atoms with E-state index < -0.39 is 16.1 Å². The summed E-state index contributed by atoms with van der Waals surface area (Å²) in [5.74, 6) is 0.477. The molecule has 0 saturated heterocycles. The maximum Gasteiger partial charge on any atom is 0.272 e. The average Bonchev–Trinajstić information content (AvgIpc) is 3.47. The van der Waals surface area contributed by atoms with Gasteiger partial charge in [-0.2, -0.15) is 5.10 Å². The minimum atomic E-state index is -3.89. The predicted octanol–water partition coefficient (Wildman–Crippen LogP) is 3.83. The van der Waals surface area contributed by atoms with Crippen LogP contribution in [0.3, 0.4) is 0 Å². The van der Waals surface area contributed by atoms with E-state index in [4.69, 9.17) is 17.7 Å². The molecule has 0 saturated carbocycles. The van der Waals surface area contributed by atoms with Crippen molar-refractivity contribution in [1.29, 1.82) is 0 Å². The highest BCUT2D eigenvalue weighted by atomic mass is 35.5. The Hall–Kier alpha value is -3.12. The standard InChI is InChI=1S/C24H26ClN5O4S2/c1-15(26-2)24(31)27-13-16-7-9-17(10-8-16)14-30-18-5-4-6-19(34-3)22(18)23(28-30)29-36(32,33)21-12-11-20(25)35-21/h4-12,15,26H,13-14H2,1-3H3,(H,27,31)(H,28,29)/t15-/m0/s1/i2D. The van der Waals surface area contributed by atoms with Crippen molar-refractivity contribution in [2.45, 2.75) is 30.3 Å². The van der Waals surface area contributed by atoms with Crippen molar-refractivity contribution in [2.24, 2.45) is 0 Å². The Morgan fingerprint density at radius 2 is 1.94 bits per heavy atom. The number of carbonyl (C=O) groups excluding carboxylic acids is 1. The number of anilines is 1. The van der Waals surface area contributed by atoms with Crippen LogP contribution in [-0.4, -0.2) is 44.3 Å². The molecule has 0 aliphatic heterocycles. The van der Waals surface area contributed by atoms with E-state index in [2.05, 4.69) is 20.5 Å². The molecule has 36 heavy (non-hydrogen) atoms. The number of sulfonamides is 1. The molecule has 2 heterocycles. The van der Waals surface area contributed by atoms with Crippen molar-refractivity contribution in [2.75, 3.05) is 18.9 Å². The third-order valence-electron chi connectivity index (χ3n) is 5.53. The van der Waals surface area contributed by atoms with Crippen molar-refractivity contribution < 1.29 is 19.3 Å². The van der Waals surface area contributed by atoms with E-state index in [1.54, 1.807) is 17.7 Å². The van der Waals surface area contributed by atoms with Crippen molar-refractivity contribution >= 4 is 55.6 Å². The fourth-order valence-corrected chi connectivity index (χ4v) is 6.04. The van der Waals surface area contributed by atoms with Gasteiger partial charge in [-0.15, -0.1) is 11.3 Å². The van der Waals surface area contributed by atoms with Crippen molar-refractivity contribution in [3.05, 3.63) is 70.1 Å². The fourth-order valence-electron chi connectivity index (χ4n) is 3.55. The molecule has 0 spiro atoms. The second-order valence-corrected chi connectivity index (χ2v) is 11.6. The molecule has 2 aromatic heterocycles. The Morgan fingerprint density at radius 3 is 2.61 bits per heavy atom. The molecule has 0 aliphatic rings. The molecule has 0 aliphatic carbocycles. The summed E-state index contributed by atoms with van der Waals surface area (Å²) in [4.78, 5) is 12.1. The number of nitrogens with zero attached hydrogens (tertiary/aromatic N) is 2. The molecular weight excluding hydrogens is 522 g/mol. The molecule has 4 rings (SSSR count). The molecule has 1 amide bonds. The molecule has 4 aromatic rings. The second-order valence-electron chi connectivity index (χ2n) is 7.98. The lowest BCUT2D eigenvalue weighted by Crippen LogP contribution is -2.39. The lowest BCUT2D eigenvalue weighted by molar-refractivity contribution is -0.122. The van der Waals surface area contributed by atoms with Gasteiger partial charge in [-0.05, 0) is 49.3 Å². The van der Waals surface area contributed by atoms with Gasteiger partial charge in [0.25, 0.3) is 10.0 Å². The van der Waals surface area contributed by atoms with Crippen LogP contribution >= 0.6 is 22.9 Å². The average molecular weight is 549 g/mol. The minimum Gasteiger partial charge on any atom is -0.496 e. The van der Waals surface area contributed by atoms with Crippen LogP contribution in [0.4, 0.5) is 5.82 Å². The first kappa shape index (κ1) is 24.6. The number of thiophene rings is 1. The number of rotatable bonds is 10. The number of amides is 1. The van der Waals surface area contributed by atoms with Crippen LogP contribution < -0.4 is 20.1 Å². The van der Waals surface area contributed by atoms with Crippen LogP contribution in [-0.2, 0) is 27.9 Å². The smallest absolute Gasteiger partial charge is 0.272 e. The number of nitrogens with one attached hydrogen (secondary N) is 3. The molecule has 0 fully saturated rings. The monoisotopic (exact) mass is 548 g/mol. The van der Waals surface area contributed by atoms with Gasteiger partial charge >= 0.3 is 0 Å². The largest absolute Gasteiger partial charge is 0.496 e. The highest BCUT2D eigenvalue weighted by Gasteiger charge is 2.23. The Kier molecular flexibility index (Phi) is 7.42. The Morgan fingerprint density at radius 1 is 1.19 bits per heavy atom. The SMILES string of the molecule is [2H]CN[C@@H](C)C(=O)NCc1ccc(Cn2nc(NS(=O)(=O)c3ccc(Cl)s3)c3c(OC)cccc32)cc1. The zero-order chi connectivity index (χ0) is 26.6. The van der Waals surface area contributed by atoms with Crippen LogP contribution in [0.25, 0.3) is 10.9 Å². The van der Waals surface area contributed by atoms with Gasteiger partial charge in [-0.25, -0.2) is 8.42 Å². The first-order valence-corrected chi connectivity index (χ1v) is 13.6. The number of fused-ring (bicyclic) bond motifs is 1. The summed E-state index contributed by atoms with van der Waals surface area (Å²) in [5, 5.41) is 10.7. The predicted molar refractivity (Wildman–Crippen MR) is 142 cm³/mol. The van der Waals surface area contributed by atoms with Crippen molar-refractivity contribution in [3.63, 3.8) is 0 Å². The normalized spacial score (nSPS) is 12.8. The fraction of sp³-hybridized carbons (Fsp3) is 0.250. The summed E-state index contributed by atoms with van der Waals surface area (Å²) in [6.45, 7) is 2.46. The lowest BCUT2D eigenvalue weighted by Gasteiger charge is -2.11. The molecule has 3 N–H and O–H groups in total. The van der Waals surface area contributed by atoms with Crippen LogP contribution in [0.5, 0.6) is 5.75 Å². The number of carbonyl (C=O) groups is 1. The van der Waals surface area contributed by atoms with Crippen molar-refractivity contribution in [3.8, 4) is 5.75 Å². The quantitative estimate of drug-likeness (QED) is 0.277. The van der Waals surface area contributed by atoms with Gasteiger partial charge in [0, 0.05) is 7.92 Å². The first-order valence-electron chi connectivity index (χ1n) is 11.6. The number of benzene rings is 2. The van der Waals surface area contributed by atoms with E-state index in [0.29, 0.717) is 34.1 Å². The molecule has 9 nitrogen and oxygen atoms in total. The Labute approximate surface area is 219 Å². The Bertz CT molecular complexity index is 1510. The van der Waals surface area contributed by atoms with Crippen LogP contribution in [0.15, 0.2) is 58.8 Å². The lowest BCUT2D eigenvalue weighted by atomic mass is 10.1. The maximum absolute atomic E-state index is 13.0.